The summed E-state index contributed by atoms with van der Waals surface area (Å²) in [5, 5.41) is 8.60. The number of aromatic nitrogens is 2. The molecule has 4 rings (SSSR count). The van der Waals surface area contributed by atoms with E-state index in [0.29, 0.717) is 32.1 Å². The Balaban J connectivity index is 1.47. The minimum absolute atomic E-state index is 0.0223. The lowest BCUT2D eigenvalue weighted by Gasteiger charge is -2.34. The summed E-state index contributed by atoms with van der Waals surface area (Å²) < 4.78 is 32.5. The average molecular weight is 417 g/mol. The van der Waals surface area contributed by atoms with E-state index in [-0.39, 0.29) is 16.2 Å². The molecule has 2 heterocycles. The number of amides is 1. The van der Waals surface area contributed by atoms with Crippen molar-refractivity contribution in [3.05, 3.63) is 41.6 Å². The minimum Gasteiger partial charge on any atom is -0.496 e. The molecule has 0 spiro atoms. The number of sulfonamides is 1. The van der Waals surface area contributed by atoms with Crippen molar-refractivity contribution in [2.75, 3.05) is 38.2 Å². The van der Waals surface area contributed by atoms with E-state index in [2.05, 4.69) is 10.2 Å². The van der Waals surface area contributed by atoms with E-state index < -0.39 is 15.9 Å². The first kappa shape index (κ1) is 19.6. The fourth-order valence-corrected chi connectivity index (χ4v) is 4.90. The summed E-state index contributed by atoms with van der Waals surface area (Å²) in [5.74, 6) is 0.812. The molecule has 1 saturated carbocycles. The number of piperazine rings is 1. The molecule has 0 radical (unpaired) electrons. The third-order valence-electron chi connectivity index (χ3n) is 5.30. The first-order valence-corrected chi connectivity index (χ1v) is 10.9. The summed E-state index contributed by atoms with van der Waals surface area (Å²) in [4.78, 5) is 13.7. The fraction of sp³-hybridized carbons (Fsp3) is 0.421. The van der Waals surface area contributed by atoms with Crippen molar-refractivity contribution in [3.63, 3.8) is 0 Å². The van der Waals surface area contributed by atoms with Crippen LogP contribution in [0.2, 0.25) is 0 Å². The number of hydrogen-bond acceptors (Lipinski definition) is 7. The first-order chi connectivity index (χ1) is 13.9. The SMILES string of the molecule is COc1ccc(S(=O)(=O)N2CCN(c3ccc(C4CC4)nn3)CC2)cc1C(N)=O. The zero-order chi connectivity index (χ0) is 20.6. The first-order valence-electron chi connectivity index (χ1n) is 9.46. The second-order valence-electron chi connectivity index (χ2n) is 7.21. The Morgan fingerprint density at radius 3 is 2.38 bits per heavy atom. The molecule has 1 saturated heterocycles. The zero-order valence-corrected chi connectivity index (χ0v) is 16.9. The van der Waals surface area contributed by atoms with Crippen LogP contribution in [0.1, 0.15) is 34.8 Å². The highest BCUT2D eigenvalue weighted by atomic mass is 32.2. The molecule has 2 aromatic rings. The number of nitrogens with zero attached hydrogens (tertiary/aromatic N) is 4. The van der Waals surface area contributed by atoms with Gasteiger partial charge in [-0.1, -0.05) is 0 Å². The number of methoxy groups -OCH3 is 1. The Labute approximate surface area is 169 Å². The van der Waals surface area contributed by atoms with Gasteiger partial charge in [-0.05, 0) is 43.2 Å². The molecule has 1 amide bonds. The second-order valence-corrected chi connectivity index (χ2v) is 9.15. The number of nitrogens with two attached hydrogens (primary N) is 1. The molecule has 0 bridgehead atoms. The van der Waals surface area contributed by atoms with Crippen molar-refractivity contribution in [3.8, 4) is 5.75 Å². The number of carbonyl (C=O) groups is 1. The van der Waals surface area contributed by atoms with E-state index in [1.807, 2.05) is 17.0 Å². The van der Waals surface area contributed by atoms with Crippen LogP contribution < -0.4 is 15.4 Å². The number of primary amides is 1. The van der Waals surface area contributed by atoms with Gasteiger partial charge in [0.05, 0.1) is 23.3 Å². The van der Waals surface area contributed by atoms with Crippen molar-refractivity contribution in [2.45, 2.75) is 23.7 Å². The predicted molar refractivity (Wildman–Crippen MR) is 106 cm³/mol. The van der Waals surface area contributed by atoms with Gasteiger partial charge < -0.3 is 15.4 Å². The summed E-state index contributed by atoms with van der Waals surface area (Å²) in [6, 6.07) is 8.10. The van der Waals surface area contributed by atoms with Crippen LogP contribution >= 0.6 is 0 Å². The lowest BCUT2D eigenvalue weighted by molar-refractivity contribution is 0.0997. The highest BCUT2D eigenvalue weighted by molar-refractivity contribution is 7.89. The van der Waals surface area contributed by atoms with Crippen LogP contribution in [-0.4, -0.2) is 62.1 Å². The number of anilines is 1. The standard InChI is InChI=1S/C19H23N5O4S/c1-28-17-6-4-14(12-15(17)19(20)25)29(26,27)24-10-8-23(9-11-24)18-7-5-16(21-22-18)13-2-3-13/h4-7,12-13H,2-3,8-11H2,1H3,(H2,20,25). The third-order valence-corrected chi connectivity index (χ3v) is 7.20. The average Bonchev–Trinajstić information content (AvgIpc) is 3.59. The quantitative estimate of drug-likeness (QED) is 0.744. The maximum absolute atomic E-state index is 13.0. The van der Waals surface area contributed by atoms with Crippen LogP contribution in [0.25, 0.3) is 0 Å². The summed E-state index contributed by atoms with van der Waals surface area (Å²) >= 11 is 0. The Hall–Kier alpha value is -2.72. The van der Waals surface area contributed by atoms with Gasteiger partial charge in [-0.15, -0.1) is 5.10 Å². The van der Waals surface area contributed by atoms with E-state index in [4.69, 9.17) is 10.5 Å². The Morgan fingerprint density at radius 2 is 1.83 bits per heavy atom. The predicted octanol–water partition coefficient (Wildman–Crippen LogP) is 0.972. The van der Waals surface area contributed by atoms with Gasteiger partial charge in [-0.2, -0.15) is 9.40 Å². The summed E-state index contributed by atoms with van der Waals surface area (Å²) in [5.41, 5.74) is 6.42. The van der Waals surface area contributed by atoms with Crippen LogP contribution in [0.15, 0.2) is 35.2 Å². The van der Waals surface area contributed by atoms with E-state index in [1.165, 1.54) is 42.5 Å². The van der Waals surface area contributed by atoms with Gasteiger partial charge in [0.15, 0.2) is 5.82 Å². The van der Waals surface area contributed by atoms with E-state index in [0.717, 1.165) is 11.5 Å². The van der Waals surface area contributed by atoms with Crippen LogP contribution in [0.4, 0.5) is 5.82 Å². The molecule has 1 aromatic heterocycles. The molecule has 2 aliphatic rings. The topological polar surface area (TPSA) is 119 Å². The maximum atomic E-state index is 13.0. The van der Waals surface area contributed by atoms with Crippen LogP contribution in [0.3, 0.4) is 0 Å². The molecule has 2 fully saturated rings. The van der Waals surface area contributed by atoms with Crippen LogP contribution in [-0.2, 0) is 10.0 Å². The smallest absolute Gasteiger partial charge is 0.252 e. The Bertz CT molecular complexity index is 1010. The molecule has 10 heteroatoms. The number of rotatable bonds is 6. The van der Waals surface area contributed by atoms with Gasteiger partial charge in [-0.3, -0.25) is 4.79 Å². The van der Waals surface area contributed by atoms with E-state index in [9.17, 15) is 13.2 Å². The maximum Gasteiger partial charge on any atom is 0.252 e. The lowest BCUT2D eigenvalue weighted by atomic mass is 10.2. The normalized spacial score (nSPS) is 17.9. The van der Waals surface area contributed by atoms with Gasteiger partial charge >= 0.3 is 0 Å². The van der Waals surface area contributed by atoms with E-state index in [1.54, 1.807) is 0 Å². The molecular weight excluding hydrogens is 394 g/mol. The monoisotopic (exact) mass is 417 g/mol. The van der Waals surface area contributed by atoms with Crippen LogP contribution in [0.5, 0.6) is 5.75 Å². The van der Waals surface area contributed by atoms with Crippen molar-refractivity contribution < 1.29 is 17.9 Å². The molecule has 9 nitrogen and oxygen atoms in total. The van der Waals surface area contributed by atoms with Crippen molar-refractivity contribution in [1.82, 2.24) is 14.5 Å². The summed E-state index contributed by atoms with van der Waals surface area (Å²) in [6.45, 7) is 1.64. The number of carbonyl (C=O) groups excluding carboxylic acids is 1. The molecule has 1 aromatic carbocycles. The zero-order valence-electron chi connectivity index (χ0n) is 16.1. The Kier molecular flexibility index (Phi) is 5.13. The summed E-state index contributed by atoms with van der Waals surface area (Å²) in [6.07, 6.45) is 2.35. The molecule has 1 aliphatic heterocycles. The second kappa shape index (κ2) is 7.60. The van der Waals surface area contributed by atoms with E-state index >= 15 is 0 Å². The largest absolute Gasteiger partial charge is 0.496 e. The van der Waals surface area contributed by atoms with Gasteiger partial charge in [0.2, 0.25) is 10.0 Å². The van der Waals surface area contributed by atoms with Crippen LogP contribution in [0, 0.1) is 0 Å². The van der Waals surface area contributed by atoms with Crippen molar-refractivity contribution in [1.29, 1.82) is 0 Å². The molecule has 0 atom stereocenters. The highest BCUT2D eigenvalue weighted by Gasteiger charge is 2.30. The minimum atomic E-state index is -3.75. The third kappa shape index (κ3) is 3.90. The molecular formula is C19H23N5O4S. The van der Waals surface area contributed by atoms with Gasteiger partial charge in [-0.25, -0.2) is 8.42 Å². The molecule has 0 unspecified atom stereocenters. The van der Waals surface area contributed by atoms with Crippen molar-refractivity contribution in [2.24, 2.45) is 5.73 Å². The van der Waals surface area contributed by atoms with Gasteiger partial charge in [0, 0.05) is 32.1 Å². The van der Waals surface area contributed by atoms with Crippen molar-refractivity contribution >= 4 is 21.7 Å². The number of ether oxygens (including phenoxy) is 1. The molecule has 154 valence electrons. The number of hydrogen-bond donors (Lipinski definition) is 1. The summed E-state index contributed by atoms with van der Waals surface area (Å²) in [7, 11) is -2.35. The molecule has 2 N–H and O–H groups in total. The van der Waals surface area contributed by atoms with Gasteiger partial charge in [0.1, 0.15) is 5.75 Å². The highest BCUT2D eigenvalue weighted by Crippen LogP contribution is 2.38. The Morgan fingerprint density at radius 1 is 1.10 bits per heavy atom. The molecule has 29 heavy (non-hydrogen) atoms. The van der Waals surface area contributed by atoms with Gasteiger partial charge in [0.25, 0.3) is 5.91 Å². The molecule has 1 aliphatic carbocycles. The lowest BCUT2D eigenvalue weighted by Crippen LogP contribution is -2.49. The fourth-order valence-electron chi connectivity index (χ4n) is 3.45. The number of benzene rings is 1.